The predicted molar refractivity (Wildman–Crippen MR) is 125 cm³/mol. The highest BCUT2D eigenvalue weighted by atomic mass is 16.5. The Morgan fingerprint density at radius 3 is 2.09 bits per heavy atom. The summed E-state index contributed by atoms with van der Waals surface area (Å²) in [4.78, 5) is 2.05. The van der Waals surface area contributed by atoms with Crippen LogP contribution in [0.4, 0.5) is 0 Å². The average Bonchev–Trinajstić information content (AvgIpc) is 3.34. The van der Waals surface area contributed by atoms with Gasteiger partial charge in [0.25, 0.3) is 0 Å². The third kappa shape index (κ3) is 4.37. The Labute approximate surface area is 190 Å². The summed E-state index contributed by atoms with van der Waals surface area (Å²) in [7, 11) is 3.33. The zero-order valence-corrected chi connectivity index (χ0v) is 18.7. The second-order valence-electron chi connectivity index (χ2n) is 8.16. The summed E-state index contributed by atoms with van der Waals surface area (Å²) < 4.78 is 18.2. The first kappa shape index (κ1) is 22.3. The fourth-order valence-corrected chi connectivity index (χ4v) is 4.58. The fraction of sp³-hybridized carbons (Fsp3) is 0.333. The topological polar surface area (TPSA) is 51.2 Å². The van der Waals surface area contributed by atoms with Crippen molar-refractivity contribution in [2.75, 3.05) is 40.6 Å². The molecule has 4 rings (SSSR count). The normalized spacial score (nSPS) is 16.8. The van der Waals surface area contributed by atoms with Crippen molar-refractivity contribution in [3.05, 3.63) is 95.6 Å². The minimum atomic E-state index is -0.854. The van der Waals surface area contributed by atoms with Crippen LogP contribution in [0.5, 0.6) is 11.5 Å². The van der Waals surface area contributed by atoms with Crippen molar-refractivity contribution < 1.29 is 19.3 Å². The van der Waals surface area contributed by atoms with E-state index >= 15 is 0 Å². The van der Waals surface area contributed by atoms with Gasteiger partial charge in [0.05, 0.1) is 27.6 Å². The molecule has 0 bridgehead atoms. The first-order valence-electron chi connectivity index (χ1n) is 11.0. The van der Waals surface area contributed by atoms with Gasteiger partial charge < -0.3 is 19.3 Å². The number of nitrogens with zero attached hydrogens (tertiary/aromatic N) is 1. The van der Waals surface area contributed by atoms with Crippen LogP contribution >= 0.6 is 0 Å². The Morgan fingerprint density at radius 1 is 0.906 bits per heavy atom. The van der Waals surface area contributed by atoms with Crippen molar-refractivity contribution in [1.82, 2.24) is 4.90 Å². The van der Waals surface area contributed by atoms with Crippen LogP contribution in [-0.2, 0) is 10.3 Å². The van der Waals surface area contributed by atoms with Gasteiger partial charge in [-0.25, -0.2) is 0 Å². The van der Waals surface area contributed by atoms with Gasteiger partial charge in [0.15, 0.2) is 0 Å². The maximum atomic E-state index is 9.52. The van der Waals surface area contributed by atoms with E-state index in [1.165, 1.54) is 0 Å². The molecule has 0 saturated carbocycles. The summed E-state index contributed by atoms with van der Waals surface area (Å²) in [5, 5.41) is 9.52. The van der Waals surface area contributed by atoms with E-state index in [1.54, 1.807) is 14.2 Å². The van der Waals surface area contributed by atoms with Crippen molar-refractivity contribution in [1.29, 1.82) is 0 Å². The molecule has 168 valence electrons. The van der Waals surface area contributed by atoms with Gasteiger partial charge in [-0.3, -0.25) is 4.90 Å². The first-order valence-corrected chi connectivity index (χ1v) is 11.0. The molecule has 0 amide bonds. The summed E-state index contributed by atoms with van der Waals surface area (Å²) in [6.45, 7) is 2.37. The van der Waals surface area contributed by atoms with Crippen LogP contribution in [0.2, 0.25) is 0 Å². The second kappa shape index (κ2) is 10.2. The molecule has 0 radical (unpaired) electrons. The van der Waals surface area contributed by atoms with E-state index in [1.807, 2.05) is 54.6 Å². The molecular weight excluding hydrogens is 402 g/mol. The highest BCUT2D eigenvalue weighted by molar-refractivity contribution is 5.54. The van der Waals surface area contributed by atoms with Crippen LogP contribution in [0, 0.1) is 5.92 Å². The smallest absolute Gasteiger partial charge is 0.147 e. The zero-order chi connectivity index (χ0) is 22.4. The van der Waals surface area contributed by atoms with Crippen LogP contribution in [0.15, 0.2) is 78.9 Å². The van der Waals surface area contributed by atoms with Gasteiger partial charge in [-0.2, -0.15) is 0 Å². The lowest BCUT2D eigenvalue weighted by atomic mass is 9.79. The molecule has 1 fully saturated rings. The molecule has 1 saturated heterocycles. The highest BCUT2D eigenvalue weighted by Crippen LogP contribution is 2.45. The zero-order valence-electron chi connectivity index (χ0n) is 18.7. The van der Waals surface area contributed by atoms with Gasteiger partial charge in [-0.05, 0) is 35.6 Å². The van der Waals surface area contributed by atoms with Gasteiger partial charge in [0.1, 0.15) is 17.1 Å². The van der Waals surface area contributed by atoms with Gasteiger partial charge >= 0.3 is 0 Å². The molecule has 1 unspecified atom stereocenters. The number of likely N-dealkylation sites (tertiary alicyclic amines) is 1. The van der Waals surface area contributed by atoms with E-state index in [4.69, 9.17) is 14.2 Å². The van der Waals surface area contributed by atoms with E-state index in [2.05, 4.69) is 29.2 Å². The number of rotatable bonds is 9. The Balaban J connectivity index is 1.86. The van der Waals surface area contributed by atoms with Crippen LogP contribution in [0.25, 0.3) is 0 Å². The molecule has 0 aromatic heterocycles. The summed E-state index contributed by atoms with van der Waals surface area (Å²) in [6.07, 6.45) is 1.000. The van der Waals surface area contributed by atoms with Crippen molar-refractivity contribution in [3.63, 3.8) is 0 Å². The molecule has 0 spiro atoms. The molecule has 5 nitrogen and oxygen atoms in total. The molecule has 3 aromatic rings. The Bertz CT molecular complexity index is 954. The van der Waals surface area contributed by atoms with Crippen molar-refractivity contribution in [2.24, 2.45) is 5.92 Å². The van der Waals surface area contributed by atoms with Crippen LogP contribution in [0.3, 0.4) is 0 Å². The number of benzene rings is 3. The standard InChI is InChI=1S/C27H31NO4/c1-30-24-13-14-25(26(17-24)31-2)27(22-9-5-3-6-10-22,23-11-7-4-8-12-23)32-19-21-15-16-28(18-21)20-29/h3-14,17,21,29H,15-16,18-20H2,1-2H3. The minimum absolute atomic E-state index is 0.0886. The Hall–Kier alpha value is -2.86. The number of aliphatic hydroxyl groups excluding tert-OH is 1. The van der Waals surface area contributed by atoms with Gasteiger partial charge in [-0.1, -0.05) is 60.7 Å². The Morgan fingerprint density at radius 2 is 1.56 bits per heavy atom. The van der Waals surface area contributed by atoms with E-state index in [0.29, 0.717) is 18.3 Å². The van der Waals surface area contributed by atoms with Gasteiger partial charge in [0.2, 0.25) is 0 Å². The van der Waals surface area contributed by atoms with Crippen molar-refractivity contribution >= 4 is 0 Å². The van der Waals surface area contributed by atoms with Crippen molar-refractivity contribution in [2.45, 2.75) is 12.0 Å². The maximum Gasteiger partial charge on any atom is 0.147 e. The van der Waals surface area contributed by atoms with Crippen LogP contribution in [-0.4, -0.2) is 50.7 Å². The van der Waals surface area contributed by atoms with Crippen molar-refractivity contribution in [3.8, 4) is 11.5 Å². The van der Waals surface area contributed by atoms with E-state index in [0.717, 1.165) is 42.0 Å². The molecule has 0 aliphatic carbocycles. The molecule has 32 heavy (non-hydrogen) atoms. The molecular formula is C27H31NO4. The monoisotopic (exact) mass is 433 g/mol. The highest BCUT2D eigenvalue weighted by Gasteiger charge is 2.41. The van der Waals surface area contributed by atoms with Crippen LogP contribution in [0.1, 0.15) is 23.1 Å². The fourth-order valence-electron chi connectivity index (χ4n) is 4.58. The third-order valence-corrected chi connectivity index (χ3v) is 6.25. The number of hydrogen-bond acceptors (Lipinski definition) is 5. The summed E-state index contributed by atoms with van der Waals surface area (Å²) in [5.74, 6) is 1.79. The predicted octanol–water partition coefficient (Wildman–Crippen LogP) is 4.28. The van der Waals surface area contributed by atoms with Crippen LogP contribution < -0.4 is 9.47 Å². The molecule has 1 aliphatic rings. The average molecular weight is 434 g/mol. The maximum absolute atomic E-state index is 9.52. The second-order valence-corrected chi connectivity index (χ2v) is 8.16. The number of ether oxygens (including phenoxy) is 3. The molecule has 5 heteroatoms. The SMILES string of the molecule is COc1ccc(C(OCC2CCN(CO)C2)(c2ccccc2)c2ccccc2)c(OC)c1. The molecule has 1 heterocycles. The molecule has 3 aromatic carbocycles. The van der Waals surface area contributed by atoms with Gasteiger partial charge in [-0.15, -0.1) is 0 Å². The third-order valence-electron chi connectivity index (χ3n) is 6.25. The minimum Gasteiger partial charge on any atom is -0.497 e. The number of aliphatic hydroxyl groups is 1. The quantitative estimate of drug-likeness (QED) is 0.511. The van der Waals surface area contributed by atoms with Gasteiger partial charge in [0, 0.05) is 24.7 Å². The Kier molecular flexibility index (Phi) is 7.10. The lowest BCUT2D eigenvalue weighted by Gasteiger charge is -2.37. The largest absolute Gasteiger partial charge is 0.497 e. The summed E-state index contributed by atoms with van der Waals surface area (Å²) in [5.41, 5.74) is 2.14. The lowest BCUT2D eigenvalue weighted by molar-refractivity contribution is -0.00927. The lowest BCUT2D eigenvalue weighted by Crippen LogP contribution is -2.35. The molecule has 1 atom stereocenters. The summed E-state index contributed by atoms with van der Waals surface area (Å²) >= 11 is 0. The van der Waals surface area contributed by atoms with E-state index < -0.39 is 5.60 Å². The molecule has 1 N–H and O–H groups in total. The number of methoxy groups -OCH3 is 2. The number of hydrogen-bond donors (Lipinski definition) is 1. The van der Waals surface area contributed by atoms with E-state index in [9.17, 15) is 5.11 Å². The first-order chi connectivity index (χ1) is 15.7. The van der Waals surface area contributed by atoms with E-state index in [-0.39, 0.29) is 6.73 Å². The molecule has 1 aliphatic heterocycles. The summed E-state index contributed by atoms with van der Waals surface area (Å²) in [6, 6.07) is 26.5.